The van der Waals surface area contributed by atoms with Gasteiger partial charge in [0.15, 0.2) is 0 Å². The number of pyridine rings is 1. The fourth-order valence-electron chi connectivity index (χ4n) is 2.12. The largest absolute Gasteiger partial charge is 0.416 e. The van der Waals surface area contributed by atoms with Gasteiger partial charge in [-0.05, 0) is 31.9 Å². The summed E-state index contributed by atoms with van der Waals surface area (Å²) in [7, 11) is 0. The van der Waals surface area contributed by atoms with Crippen molar-refractivity contribution in [2.24, 2.45) is 0 Å². The number of halogens is 3. The second-order valence-electron chi connectivity index (χ2n) is 4.32. The molecule has 1 aromatic rings. The minimum Gasteiger partial charge on any atom is -0.384 e. The Bertz CT molecular complexity index is 417. The predicted molar refractivity (Wildman–Crippen MR) is 59.7 cm³/mol. The van der Waals surface area contributed by atoms with E-state index in [1.165, 1.54) is 0 Å². The van der Waals surface area contributed by atoms with Crippen LogP contribution in [0.15, 0.2) is 12.1 Å². The van der Waals surface area contributed by atoms with Crippen molar-refractivity contribution in [1.82, 2.24) is 4.98 Å². The van der Waals surface area contributed by atoms with Gasteiger partial charge in [0.1, 0.15) is 11.6 Å². The van der Waals surface area contributed by atoms with Crippen molar-refractivity contribution in [3.8, 4) is 0 Å². The highest BCUT2D eigenvalue weighted by atomic mass is 19.4. The third-order valence-electron chi connectivity index (χ3n) is 3.01. The molecule has 1 unspecified atom stereocenters. The summed E-state index contributed by atoms with van der Waals surface area (Å²) in [6.45, 7) is 2.71. The molecule has 1 fully saturated rings. The van der Waals surface area contributed by atoms with Crippen molar-refractivity contribution in [3.05, 3.63) is 17.7 Å². The molecule has 0 spiro atoms. The van der Waals surface area contributed by atoms with Crippen LogP contribution in [0.2, 0.25) is 0 Å². The van der Waals surface area contributed by atoms with Gasteiger partial charge in [-0.1, -0.05) is 0 Å². The summed E-state index contributed by atoms with van der Waals surface area (Å²) in [5.41, 5.74) is 4.69. The highest BCUT2D eigenvalue weighted by Crippen LogP contribution is 2.33. The number of hydrogen-bond donors (Lipinski definition) is 1. The number of aromatic nitrogens is 1. The van der Waals surface area contributed by atoms with Crippen LogP contribution in [0, 0.1) is 0 Å². The Morgan fingerprint density at radius 1 is 1.41 bits per heavy atom. The fraction of sp³-hybridized carbons (Fsp3) is 0.545. The number of alkyl halides is 3. The first-order valence-electron chi connectivity index (χ1n) is 5.49. The summed E-state index contributed by atoms with van der Waals surface area (Å²) < 4.78 is 37.9. The Morgan fingerprint density at radius 3 is 2.65 bits per heavy atom. The molecule has 2 N–H and O–H groups in total. The average Bonchev–Trinajstić information content (AvgIpc) is 2.62. The van der Waals surface area contributed by atoms with E-state index in [2.05, 4.69) is 4.98 Å². The van der Waals surface area contributed by atoms with Crippen LogP contribution in [0.4, 0.5) is 24.8 Å². The van der Waals surface area contributed by atoms with Gasteiger partial charge in [0.05, 0.1) is 5.56 Å². The van der Waals surface area contributed by atoms with Crippen LogP contribution in [0.5, 0.6) is 0 Å². The summed E-state index contributed by atoms with van der Waals surface area (Å²) in [5.74, 6) is 0.233. The Labute approximate surface area is 97.4 Å². The molecule has 0 bridgehead atoms. The summed E-state index contributed by atoms with van der Waals surface area (Å²) in [6, 6.07) is 2.15. The molecule has 1 aliphatic heterocycles. The van der Waals surface area contributed by atoms with Gasteiger partial charge in [0.25, 0.3) is 0 Å². The van der Waals surface area contributed by atoms with E-state index >= 15 is 0 Å². The maximum absolute atomic E-state index is 12.6. The van der Waals surface area contributed by atoms with Crippen LogP contribution < -0.4 is 10.6 Å². The lowest BCUT2D eigenvalue weighted by Crippen LogP contribution is -2.27. The van der Waals surface area contributed by atoms with Crippen molar-refractivity contribution in [2.75, 3.05) is 17.2 Å². The van der Waals surface area contributed by atoms with Gasteiger partial charge in [0.2, 0.25) is 0 Å². The molecular formula is C11H14F3N3. The van der Waals surface area contributed by atoms with Crippen LogP contribution in [0.25, 0.3) is 0 Å². The molecule has 0 radical (unpaired) electrons. The van der Waals surface area contributed by atoms with Gasteiger partial charge in [-0.3, -0.25) is 0 Å². The molecule has 94 valence electrons. The zero-order valence-corrected chi connectivity index (χ0v) is 9.46. The molecule has 0 aliphatic carbocycles. The van der Waals surface area contributed by atoms with Crippen molar-refractivity contribution >= 4 is 11.6 Å². The quantitative estimate of drug-likeness (QED) is 0.827. The van der Waals surface area contributed by atoms with Crippen LogP contribution in [-0.4, -0.2) is 17.6 Å². The Balaban J connectivity index is 2.38. The maximum atomic E-state index is 12.6. The molecule has 6 heteroatoms. The standard InChI is InChI=1S/C11H14F3N3/c1-7-3-2-4-17(7)10-6-8(11(12,13)14)5-9(15)16-10/h5-7H,2-4H2,1H3,(H2,15,16). The average molecular weight is 245 g/mol. The lowest BCUT2D eigenvalue weighted by Gasteiger charge is -2.23. The smallest absolute Gasteiger partial charge is 0.384 e. The maximum Gasteiger partial charge on any atom is 0.416 e. The Morgan fingerprint density at radius 2 is 2.12 bits per heavy atom. The summed E-state index contributed by atoms with van der Waals surface area (Å²) in [4.78, 5) is 5.85. The van der Waals surface area contributed by atoms with Gasteiger partial charge in [0, 0.05) is 12.6 Å². The van der Waals surface area contributed by atoms with E-state index in [0.717, 1.165) is 31.5 Å². The Kier molecular flexibility index (Phi) is 2.89. The predicted octanol–water partition coefficient (Wildman–Crippen LogP) is 2.67. The van der Waals surface area contributed by atoms with E-state index in [1.807, 2.05) is 11.8 Å². The number of hydrogen-bond acceptors (Lipinski definition) is 3. The van der Waals surface area contributed by atoms with E-state index < -0.39 is 11.7 Å². The van der Waals surface area contributed by atoms with Crippen LogP contribution in [-0.2, 0) is 6.18 Å². The van der Waals surface area contributed by atoms with Crippen molar-refractivity contribution in [3.63, 3.8) is 0 Å². The van der Waals surface area contributed by atoms with E-state index in [-0.39, 0.29) is 11.9 Å². The van der Waals surface area contributed by atoms with Crippen molar-refractivity contribution in [2.45, 2.75) is 32.0 Å². The van der Waals surface area contributed by atoms with Gasteiger partial charge in [-0.2, -0.15) is 13.2 Å². The number of nitrogens with two attached hydrogens (primary N) is 1. The summed E-state index contributed by atoms with van der Waals surface area (Å²) >= 11 is 0. The van der Waals surface area contributed by atoms with Gasteiger partial charge >= 0.3 is 6.18 Å². The molecule has 1 saturated heterocycles. The zero-order chi connectivity index (χ0) is 12.6. The monoisotopic (exact) mass is 245 g/mol. The van der Waals surface area contributed by atoms with E-state index in [0.29, 0.717) is 5.82 Å². The molecule has 1 aliphatic rings. The highest BCUT2D eigenvalue weighted by Gasteiger charge is 2.33. The number of rotatable bonds is 1. The molecule has 2 heterocycles. The van der Waals surface area contributed by atoms with E-state index in [9.17, 15) is 13.2 Å². The number of nitrogen functional groups attached to an aromatic ring is 1. The minimum absolute atomic E-state index is 0.0890. The first-order chi connectivity index (χ1) is 7.88. The molecule has 0 aromatic carbocycles. The molecule has 17 heavy (non-hydrogen) atoms. The first-order valence-corrected chi connectivity index (χ1v) is 5.49. The second kappa shape index (κ2) is 4.09. The van der Waals surface area contributed by atoms with Gasteiger partial charge < -0.3 is 10.6 Å². The summed E-state index contributed by atoms with van der Waals surface area (Å²) in [6.07, 6.45) is -2.44. The lowest BCUT2D eigenvalue weighted by atomic mass is 10.2. The summed E-state index contributed by atoms with van der Waals surface area (Å²) in [5, 5.41) is 0. The topological polar surface area (TPSA) is 42.1 Å². The molecule has 0 amide bonds. The minimum atomic E-state index is -4.38. The second-order valence-corrected chi connectivity index (χ2v) is 4.32. The third kappa shape index (κ3) is 2.45. The number of anilines is 2. The van der Waals surface area contributed by atoms with Crippen molar-refractivity contribution < 1.29 is 13.2 Å². The van der Waals surface area contributed by atoms with Gasteiger partial charge in [-0.25, -0.2) is 4.98 Å². The van der Waals surface area contributed by atoms with Crippen LogP contribution >= 0.6 is 0 Å². The fourth-order valence-corrected chi connectivity index (χ4v) is 2.12. The van der Waals surface area contributed by atoms with E-state index in [4.69, 9.17) is 5.73 Å². The molecule has 3 nitrogen and oxygen atoms in total. The number of nitrogens with zero attached hydrogens (tertiary/aromatic N) is 2. The molecule has 0 saturated carbocycles. The SMILES string of the molecule is CC1CCCN1c1cc(C(F)(F)F)cc(N)n1. The third-order valence-corrected chi connectivity index (χ3v) is 3.01. The molecule has 1 aromatic heterocycles. The zero-order valence-electron chi connectivity index (χ0n) is 9.46. The normalized spacial score (nSPS) is 20.9. The molecule has 1 atom stereocenters. The lowest BCUT2D eigenvalue weighted by molar-refractivity contribution is -0.137. The first kappa shape index (κ1) is 12.0. The van der Waals surface area contributed by atoms with E-state index in [1.54, 1.807) is 0 Å². The molecule has 2 rings (SSSR count). The highest BCUT2D eigenvalue weighted by molar-refractivity contribution is 5.50. The molecular weight excluding hydrogens is 231 g/mol. The van der Waals surface area contributed by atoms with Gasteiger partial charge in [-0.15, -0.1) is 0 Å². The van der Waals surface area contributed by atoms with Crippen LogP contribution in [0.3, 0.4) is 0 Å². The Hall–Kier alpha value is -1.46. The van der Waals surface area contributed by atoms with Crippen molar-refractivity contribution in [1.29, 1.82) is 0 Å². The van der Waals surface area contributed by atoms with Crippen LogP contribution in [0.1, 0.15) is 25.3 Å².